The summed E-state index contributed by atoms with van der Waals surface area (Å²) in [6.07, 6.45) is 2.10. The van der Waals surface area contributed by atoms with E-state index < -0.39 is 0 Å². The number of thiophene rings is 1. The van der Waals surface area contributed by atoms with Crippen molar-refractivity contribution in [3.8, 4) is 11.5 Å². The van der Waals surface area contributed by atoms with Gasteiger partial charge < -0.3 is 14.4 Å². The highest BCUT2D eigenvalue weighted by atomic mass is 32.1. The molecule has 1 amide bonds. The molecule has 24 heavy (non-hydrogen) atoms. The van der Waals surface area contributed by atoms with Crippen LogP contribution in [0.4, 0.5) is 0 Å². The van der Waals surface area contributed by atoms with E-state index in [-0.39, 0.29) is 11.9 Å². The summed E-state index contributed by atoms with van der Waals surface area (Å²) in [7, 11) is 3.26. The van der Waals surface area contributed by atoms with Crippen LogP contribution < -0.4 is 9.47 Å². The van der Waals surface area contributed by atoms with Crippen molar-refractivity contribution >= 4 is 17.2 Å². The molecule has 3 rings (SSSR count). The summed E-state index contributed by atoms with van der Waals surface area (Å²) in [5, 5.41) is 2.12. The molecule has 0 aliphatic carbocycles. The quantitative estimate of drug-likeness (QED) is 0.826. The van der Waals surface area contributed by atoms with Gasteiger partial charge in [0.05, 0.1) is 20.3 Å². The predicted molar refractivity (Wildman–Crippen MR) is 96.0 cm³/mol. The highest BCUT2D eigenvalue weighted by Crippen LogP contribution is 2.34. The first-order valence-corrected chi connectivity index (χ1v) is 9.09. The molecule has 0 saturated heterocycles. The van der Waals surface area contributed by atoms with E-state index in [2.05, 4.69) is 18.4 Å². The Balaban J connectivity index is 1.69. The number of hydrogen-bond acceptors (Lipinski definition) is 4. The van der Waals surface area contributed by atoms with Gasteiger partial charge in [-0.3, -0.25) is 4.79 Å². The molecule has 0 bridgehead atoms. The summed E-state index contributed by atoms with van der Waals surface area (Å²) < 4.78 is 10.8. The summed E-state index contributed by atoms with van der Waals surface area (Å²) in [5.74, 6) is 1.63. The van der Waals surface area contributed by atoms with Gasteiger partial charge >= 0.3 is 0 Å². The van der Waals surface area contributed by atoms with Gasteiger partial charge in [-0.2, -0.15) is 0 Å². The van der Waals surface area contributed by atoms with E-state index in [1.807, 2.05) is 23.1 Å². The van der Waals surface area contributed by atoms with E-state index in [9.17, 15) is 4.79 Å². The molecule has 0 radical (unpaired) electrons. The molecule has 0 fully saturated rings. The van der Waals surface area contributed by atoms with Crippen LogP contribution in [-0.4, -0.2) is 31.6 Å². The van der Waals surface area contributed by atoms with Crippen LogP contribution in [0.25, 0.3) is 0 Å². The number of nitrogens with zero attached hydrogens (tertiary/aromatic N) is 1. The first-order valence-electron chi connectivity index (χ1n) is 8.21. The molecule has 2 aromatic rings. The number of carbonyl (C=O) groups excluding carboxylic acids is 1. The number of hydrogen-bond donors (Lipinski definition) is 0. The summed E-state index contributed by atoms with van der Waals surface area (Å²) >= 11 is 1.79. The lowest BCUT2D eigenvalue weighted by atomic mass is 10.00. The van der Waals surface area contributed by atoms with Crippen LogP contribution in [-0.2, 0) is 17.6 Å². The van der Waals surface area contributed by atoms with E-state index in [0.717, 1.165) is 24.3 Å². The molecule has 1 atom stereocenters. The maximum Gasteiger partial charge on any atom is 0.223 e. The SMILES string of the molecule is COc1cccc(CCC(=O)N2CCc3sccc3[C@@H]2C)c1OC. The van der Waals surface area contributed by atoms with Crippen molar-refractivity contribution in [1.29, 1.82) is 0 Å². The van der Waals surface area contributed by atoms with E-state index in [4.69, 9.17) is 9.47 Å². The van der Waals surface area contributed by atoms with Crippen LogP contribution >= 0.6 is 11.3 Å². The van der Waals surface area contributed by atoms with Gasteiger partial charge in [-0.25, -0.2) is 0 Å². The number of aryl methyl sites for hydroxylation is 1. The Hall–Kier alpha value is -2.01. The molecule has 0 N–H and O–H groups in total. The smallest absolute Gasteiger partial charge is 0.223 e. The molecule has 1 aliphatic heterocycles. The minimum absolute atomic E-state index is 0.166. The third-order valence-corrected chi connectivity index (χ3v) is 5.69. The van der Waals surface area contributed by atoms with Crippen LogP contribution in [0.2, 0.25) is 0 Å². The zero-order valence-corrected chi connectivity index (χ0v) is 15.2. The van der Waals surface area contributed by atoms with Crippen LogP contribution in [0.1, 0.15) is 35.4 Å². The van der Waals surface area contributed by atoms with Gasteiger partial charge in [0.2, 0.25) is 5.91 Å². The molecule has 1 aromatic heterocycles. The average Bonchev–Trinajstić information content (AvgIpc) is 3.09. The first kappa shape index (κ1) is 16.8. The fraction of sp³-hybridized carbons (Fsp3) is 0.421. The predicted octanol–water partition coefficient (Wildman–Crippen LogP) is 3.84. The summed E-state index contributed by atoms with van der Waals surface area (Å²) in [6, 6.07) is 8.11. The highest BCUT2D eigenvalue weighted by molar-refractivity contribution is 7.10. The second-order valence-electron chi connectivity index (χ2n) is 5.96. The van der Waals surface area contributed by atoms with Gasteiger partial charge in [-0.05, 0) is 48.4 Å². The number of carbonyl (C=O) groups is 1. The zero-order chi connectivity index (χ0) is 17.1. The Kier molecular flexibility index (Phi) is 5.09. The molecule has 4 nitrogen and oxygen atoms in total. The van der Waals surface area contributed by atoms with Gasteiger partial charge in [-0.15, -0.1) is 11.3 Å². The van der Waals surface area contributed by atoms with Gasteiger partial charge in [0.1, 0.15) is 0 Å². The van der Waals surface area contributed by atoms with Crippen molar-refractivity contribution in [2.75, 3.05) is 20.8 Å². The number of amides is 1. The van der Waals surface area contributed by atoms with Crippen LogP contribution in [0.3, 0.4) is 0 Å². The number of fused-ring (bicyclic) bond motifs is 1. The second-order valence-corrected chi connectivity index (χ2v) is 6.97. The van der Waals surface area contributed by atoms with E-state index in [1.54, 1.807) is 25.6 Å². The standard InChI is InChI=1S/C19H23NO3S/c1-13-15-10-12-24-17(15)9-11-20(13)18(21)8-7-14-5-4-6-16(22-2)19(14)23-3/h4-6,10,12-13H,7-9,11H2,1-3H3/t13-/m0/s1. The Labute approximate surface area is 147 Å². The van der Waals surface area contributed by atoms with Crippen molar-refractivity contribution < 1.29 is 14.3 Å². The van der Waals surface area contributed by atoms with Crippen LogP contribution in [0.15, 0.2) is 29.6 Å². The molecule has 5 heteroatoms. The summed E-state index contributed by atoms with van der Waals surface area (Å²) in [5.41, 5.74) is 2.31. The number of methoxy groups -OCH3 is 2. The fourth-order valence-corrected chi connectivity index (χ4v) is 4.35. The highest BCUT2D eigenvalue weighted by Gasteiger charge is 2.28. The fourth-order valence-electron chi connectivity index (χ4n) is 3.39. The molecule has 0 saturated carbocycles. The van der Waals surface area contributed by atoms with Gasteiger partial charge in [-0.1, -0.05) is 12.1 Å². The van der Waals surface area contributed by atoms with Gasteiger partial charge in [0, 0.05) is 17.8 Å². The normalized spacial score (nSPS) is 16.6. The first-order chi connectivity index (χ1) is 11.7. The average molecular weight is 345 g/mol. The number of ether oxygens (including phenoxy) is 2. The zero-order valence-electron chi connectivity index (χ0n) is 14.4. The maximum atomic E-state index is 12.7. The molecule has 1 aliphatic rings. The van der Waals surface area contributed by atoms with Gasteiger partial charge in [0.25, 0.3) is 0 Å². The molecular formula is C19H23NO3S. The van der Waals surface area contributed by atoms with E-state index in [1.165, 1.54) is 10.4 Å². The Bertz CT molecular complexity index is 725. The third kappa shape index (κ3) is 3.13. The molecular weight excluding hydrogens is 322 g/mol. The van der Waals surface area contributed by atoms with Crippen LogP contribution in [0, 0.1) is 0 Å². The lowest BCUT2D eigenvalue weighted by Crippen LogP contribution is -2.38. The maximum absolute atomic E-state index is 12.7. The molecule has 2 heterocycles. The third-order valence-electron chi connectivity index (χ3n) is 4.69. The molecule has 1 aromatic carbocycles. The lowest BCUT2D eigenvalue weighted by Gasteiger charge is -2.33. The number of benzene rings is 1. The van der Waals surface area contributed by atoms with Crippen LogP contribution in [0.5, 0.6) is 11.5 Å². The second kappa shape index (κ2) is 7.26. The number of para-hydroxylation sites is 1. The minimum atomic E-state index is 0.166. The van der Waals surface area contributed by atoms with Crippen molar-refractivity contribution in [2.24, 2.45) is 0 Å². The topological polar surface area (TPSA) is 38.8 Å². The summed E-state index contributed by atoms with van der Waals surface area (Å²) in [6.45, 7) is 2.93. The molecule has 0 spiro atoms. The largest absolute Gasteiger partial charge is 0.493 e. The number of rotatable bonds is 5. The molecule has 0 unspecified atom stereocenters. The van der Waals surface area contributed by atoms with E-state index >= 15 is 0 Å². The Morgan fingerprint density at radius 2 is 2.12 bits per heavy atom. The summed E-state index contributed by atoms with van der Waals surface area (Å²) in [4.78, 5) is 16.1. The molecule has 128 valence electrons. The lowest BCUT2D eigenvalue weighted by molar-refractivity contribution is -0.133. The minimum Gasteiger partial charge on any atom is -0.493 e. The van der Waals surface area contributed by atoms with Crippen molar-refractivity contribution in [2.45, 2.75) is 32.2 Å². The van der Waals surface area contributed by atoms with Crippen molar-refractivity contribution in [3.05, 3.63) is 45.6 Å². The van der Waals surface area contributed by atoms with Crippen molar-refractivity contribution in [1.82, 2.24) is 4.90 Å². The Morgan fingerprint density at radius 1 is 1.29 bits per heavy atom. The monoisotopic (exact) mass is 345 g/mol. The van der Waals surface area contributed by atoms with Gasteiger partial charge in [0.15, 0.2) is 11.5 Å². The Morgan fingerprint density at radius 3 is 2.88 bits per heavy atom. The van der Waals surface area contributed by atoms with Crippen molar-refractivity contribution in [3.63, 3.8) is 0 Å². The van der Waals surface area contributed by atoms with E-state index in [0.29, 0.717) is 18.6 Å².